The van der Waals surface area contributed by atoms with Crippen LogP contribution >= 0.6 is 15.9 Å². The van der Waals surface area contributed by atoms with Gasteiger partial charge in [-0.1, -0.05) is 27.6 Å². The molecule has 4 heteroatoms. The number of aliphatic hydroxyl groups excluding tert-OH is 1. The molecule has 0 saturated carbocycles. The number of hydrogen-bond donors (Lipinski definition) is 2. The topological polar surface area (TPSA) is 48.9 Å². The van der Waals surface area contributed by atoms with E-state index in [2.05, 4.69) is 46.0 Å². The summed E-state index contributed by atoms with van der Waals surface area (Å²) in [6.07, 6.45) is 1.98. The first-order valence-electron chi connectivity index (χ1n) is 7.44. The van der Waals surface area contributed by atoms with Gasteiger partial charge in [-0.05, 0) is 48.9 Å². The van der Waals surface area contributed by atoms with E-state index in [0.717, 1.165) is 43.1 Å². The fourth-order valence-electron chi connectivity index (χ4n) is 2.98. The fraction of sp³-hybridized carbons (Fsp3) is 0.105. The van der Waals surface area contributed by atoms with Crippen LogP contribution in [-0.2, 0) is 6.61 Å². The molecule has 0 aliphatic rings. The average Bonchev–Trinajstić information content (AvgIpc) is 2.97. The summed E-state index contributed by atoms with van der Waals surface area (Å²) in [5, 5.41) is 11.9. The Hall–Kier alpha value is -2.17. The SMILES string of the molecule is Cc1ccc2[nH]cc(-c3cc(CO)c4cc(Br)ccc4n3)c2c1. The van der Waals surface area contributed by atoms with E-state index in [1.165, 1.54) is 5.56 Å². The zero-order valence-electron chi connectivity index (χ0n) is 12.6. The number of fused-ring (bicyclic) bond motifs is 2. The van der Waals surface area contributed by atoms with Crippen LogP contribution in [0.5, 0.6) is 0 Å². The molecule has 114 valence electrons. The van der Waals surface area contributed by atoms with Crippen molar-refractivity contribution in [3.63, 3.8) is 0 Å². The maximum absolute atomic E-state index is 9.75. The van der Waals surface area contributed by atoms with Gasteiger partial charge < -0.3 is 10.1 Å². The fourth-order valence-corrected chi connectivity index (χ4v) is 3.34. The quantitative estimate of drug-likeness (QED) is 0.527. The summed E-state index contributed by atoms with van der Waals surface area (Å²) in [4.78, 5) is 8.09. The molecule has 0 fully saturated rings. The Morgan fingerprint density at radius 2 is 1.96 bits per heavy atom. The van der Waals surface area contributed by atoms with Crippen LogP contribution in [0, 0.1) is 6.92 Å². The number of aromatic nitrogens is 2. The van der Waals surface area contributed by atoms with E-state index >= 15 is 0 Å². The van der Waals surface area contributed by atoms with Crippen LogP contribution in [0.1, 0.15) is 11.1 Å². The van der Waals surface area contributed by atoms with E-state index in [0.29, 0.717) is 0 Å². The minimum atomic E-state index is -0.0101. The number of nitrogens with zero attached hydrogens (tertiary/aromatic N) is 1. The Balaban J connectivity index is 2.01. The molecule has 0 radical (unpaired) electrons. The summed E-state index contributed by atoms with van der Waals surface area (Å²) >= 11 is 3.48. The van der Waals surface area contributed by atoms with Gasteiger partial charge in [0.15, 0.2) is 0 Å². The number of hydrogen-bond acceptors (Lipinski definition) is 2. The molecule has 3 nitrogen and oxygen atoms in total. The second-order valence-corrected chi connectivity index (χ2v) is 6.65. The Morgan fingerprint density at radius 1 is 1.09 bits per heavy atom. The van der Waals surface area contributed by atoms with Crippen LogP contribution < -0.4 is 0 Å². The Morgan fingerprint density at radius 3 is 2.78 bits per heavy atom. The van der Waals surface area contributed by atoms with Crippen molar-refractivity contribution in [1.82, 2.24) is 9.97 Å². The number of halogens is 1. The molecule has 0 spiro atoms. The third kappa shape index (κ3) is 2.44. The van der Waals surface area contributed by atoms with E-state index in [4.69, 9.17) is 4.98 Å². The predicted molar refractivity (Wildman–Crippen MR) is 97.4 cm³/mol. The van der Waals surface area contributed by atoms with Crippen molar-refractivity contribution in [2.24, 2.45) is 0 Å². The predicted octanol–water partition coefficient (Wildman–Crippen LogP) is 4.95. The monoisotopic (exact) mass is 366 g/mol. The minimum absolute atomic E-state index is 0.0101. The molecule has 0 aliphatic heterocycles. The largest absolute Gasteiger partial charge is 0.392 e. The smallest absolute Gasteiger partial charge is 0.0734 e. The van der Waals surface area contributed by atoms with E-state index in [1.54, 1.807) is 0 Å². The number of aliphatic hydroxyl groups is 1. The third-order valence-corrected chi connectivity index (χ3v) is 4.63. The summed E-state index contributed by atoms with van der Waals surface area (Å²) in [5.41, 5.74) is 6.01. The highest BCUT2D eigenvalue weighted by atomic mass is 79.9. The number of H-pyrrole nitrogens is 1. The molecular formula is C19H15BrN2O. The van der Waals surface area contributed by atoms with Crippen LogP contribution in [0.3, 0.4) is 0 Å². The van der Waals surface area contributed by atoms with Crippen molar-refractivity contribution < 1.29 is 5.11 Å². The van der Waals surface area contributed by atoms with Gasteiger partial charge in [-0.25, -0.2) is 4.98 Å². The van der Waals surface area contributed by atoms with Gasteiger partial charge in [-0.15, -0.1) is 0 Å². The van der Waals surface area contributed by atoms with Crippen LogP contribution in [0.2, 0.25) is 0 Å². The first-order valence-corrected chi connectivity index (χ1v) is 8.23. The third-order valence-electron chi connectivity index (χ3n) is 4.14. The van der Waals surface area contributed by atoms with Crippen LogP contribution in [0.25, 0.3) is 33.1 Å². The molecule has 4 rings (SSSR count). The normalized spacial score (nSPS) is 11.4. The molecule has 2 aromatic heterocycles. The molecule has 0 saturated heterocycles. The molecule has 0 unspecified atom stereocenters. The Labute approximate surface area is 142 Å². The van der Waals surface area contributed by atoms with Gasteiger partial charge in [-0.3, -0.25) is 0 Å². The molecular weight excluding hydrogens is 352 g/mol. The lowest BCUT2D eigenvalue weighted by Crippen LogP contribution is -1.92. The second-order valence-electron chi connectivity index (χ2n) is 5.74. The zero-order valence-corrected chi connectivity index (χ0v) is 14.2. The van der Waals surface area contributed by atoms with Gasteiger partial charge in [0.25, 0.3) is 0 Å². The van der Waals surface area contributed by atoms with Crippen LogP contribution in [-0.4, -0.2) is 15.1 Å². The summed E-state index contributed by atoms with van der Waals surface area (Å²) in [5.74, 6) is 0. The van der Waals surface area contributed by atoms with Gasteiger partial charge in [0.2, 0.25) is 0 Å². The van der Waals surface area contributed by atoms with Crippen molar-refractivity contribution >= 4 is 37.7 Å². The first kappa shape index (κ1) is 14.4. The number of aromatic amines is 1. The highest BCUT2D eigenvalue weighted by Crippen LogP contribution is 2.31. The highest BCUT2D eigenvalue weighted by molar-refractivity contribution is 9.10. The van der Waals surface area contributed by atoms with Crippen molar-refractivity contribution in [2.45, 2.75) is 13.5 Å². The Kier molecular flexibility index (Phi) is 3.43. The highest BCUT2D eigenvalue weighted by Gasteiger charge is 2.11. The van der Waals surface area contributed by atoms with Gasteiger partial charge in [-0.2, -0.15) is 0 Å². The summed E-state index contributed by atoms with van der Waals surface area (Å²) in [6, 6.07) is 14.2. The first-order chi connectivity index (χ1) is 11.2. The van der Waals surface area contributed by atoms with Gasteiger partial charge in [0, 0.05) is 32.5 Å². The van der Waals surface area contributed by atoms with E-state index in [1.807, 2.05) is 30.5 Å². The number of benzene rings is 2. The lowest BCUT2D eigenvalue weighted by molar-refractivity contribution is 0.283. The molecule has 0 bridgehead atoms. The molecule has 23 heavy (non-hydrogen) atoms. The molecule has 0 aliphatic carbocycles. The van der Waals surface area contributed by atoms with Gasteiger partial charge in [0.05, 0.1) is 17.8 Å². The zero-order chi connectivity index (χ0) is 16.0. The van der Waals surface area contributed by atoms with Crippen molar-refractivity contribution in [2.75, 3.05) is 0 Å². The number of pyridine rings is 1. The van der Waals surface area contributed by atoms with Gasteiger partial charge in [0.1, 0.15) is 0 Å². The minimum Gasteiger partial charge on any atom is -0.392 e. The number of aryl methyl sites for hydroxylation is 1. The summed E-state index contributed by atoms with van der Waals surface area (Å²) in [6.45, 7) is 2.07. The summed E-state index contributed by atoms with van der Waals surface area (Å²) in [7, 11) is 0. The maximum Gasteiger partial charge on any atom is 0.0734 e. The lowest BCUT2D eigenvalue weighted by atomic mass is 10.0. The molecule has 2 aromatic carbocycles. The molecule has 0 amide bonds. The molecule has 4 aromatic rings. The Bertz CT molecular complexity index is 1040. The lowest BCUT2D eigenvalue weighted by Gasteiger charge is -2.08. The van der Waals surface area contributed by atoms with Gasteiger partial charge >= 0.3 is 0 Å². The number of rotatable bonds is 2. The molecule has 2 heterocycles. The van der Waals surface area contributed by atoms with Crippen molar-refractivity contribution in [3.8, 4) is 11.3 Å². The maximum atomic E-state index is 9.75. The summed E-state index contributed by atoms with van der Waals surface area (Å²) < 4.78 is 0.983. The average molecular weight is 367 g/mol. The molecule has 2 N–H and O–H groups in total. The van der Waals surface area contributed by atoms with Crippen molar-refractivity contribution in [1.29, 1.82) is 0 Å². The van der Waals surface area contributed by atoms with Crippen molar-refractivity contribution in [3.05, 3.63) is 64.3 Å². The van der Waals surface area contributed by atoms with Crippen LogP contribution in [0.15, 0.2) is 53.1 Å². The standard InChI is InChI=1S/C19H15BrN2O/c1-11-2-4-17-15(6-11)16(9-21-17)19-7-12(10-23)14-8-13(20)3-5-18(14)22-19/h2-9,21,23H,10H2,1H3. The number of nitrogens with one attached hydrogen (secondary N) is 1. The van der Waals surface area contributed by atoms with Crippen LogP contribution in [0.4, 0.5) is 0 Å². The van der Waals surface area contributed by atoms with E-state index < -0.39 is 0 Å². The van der Waals surface area contributed by atoms with E-state index in [9.17, 15) is 5.11 Å². The molecule has 0 atom stereocenters. The van der Waals surface area contributed by atoms with E-state index in [-0.39, 0.29) is 6.61 Å². The second kappa shape index (κ2) is 5.48.